The van der Waals surface area contributed by atoms with Crippen molar-refractivity contribution in [1.82, 2.24) is 9.97 Å². The van der Waals surface area contributed by atoms with Crippen molar-refractivity contribution in [3.63, 3.8) is 0 Å². The second-order valence-corrected chi connectivity index (χ2v) is 8.56. The highest BCUT2D eigenvalue weighted by molar-refractivity contribution is 7.19. The number of benzene rings is 2. The Morgan fingerprint density at radius 3 is 2.52 bits per heavy atom. The number of hydrogen-bond acceptors (Lipinski definition) is 6. The van der Waals surface area contributed by atoms with Crippen molar-refractivity contribution in [2.45, 2.75) is 6.92 Å². The lowest BCUT2D eigenvalue weighted by Gasteiger charge is -2.07. The highest BCUT2D eigenvalue weighted by Gasteiger charge is 2.16. The summed E-state index contributed by atoms with van der Waals surface area (Å²) in [4.78, 5) is 9.09. The van der Waals surface area contributed by atoms with Crippen LogP contribution in [0.1, 0.15) is 5.01 Å². The molecule has 2 aromatic carbocycles. The number of fused-ring (bicyclic) bond motifs is 2. The first kappa shape index (κ1) is 16.2. The molecule has 4 nitrogen and oxygen atoms in total. The molecule has 0 saturated heterocycles. The van der Waals surface area contributed by atoms with Gasteiger partial charge in [0.15, 0.2) is 0 Å². The van der Waals surface area contributed by atoms with Crippen LogP contribution in [0.4, 0.5) is 11.5 Å². The summed E-state index contributed by atoms with van der Waals surface area (Å²) < 4.78 is 2.33. The number of nitrogens with two attached hydrogens (primary N) is 2. The molecule has 0 bridgehead atoms. The van der Waals surface area contributed by atoms with Crippen LogP contribution in [-0.4, -0.2) is 9.97 Å². The zero-order valence-electron chi connectivity index (χ0n) is 14.6. The summed E-state index contributed by atoms with van der Waals surface area (Å²) in [5.74, 6) is 0.551. The Morgan fingerprint density at radius 1 is 0.926 bits per heavy atom. The van der Waals surface area contributed by atoms with Crippen LogP contribution in [0.25, 0.3) is 42.6 Å². The molecule has 27 heavy (non-hydrogen) atoms. The number of aryl methyl sites for hydroxylation is 1. The SMILES string of the molecule is Cc1nc2cc(-c3csc4c(-c5ccc(N)cc5)cnc(N)c34)ccc2s1. The molecule has 0 fully saturated rings. The second-order valence-electron chi connectivity index (χ2n) is 6.45. The van der Waals surface area contributed by atoms with Crippen LogP contribution in [0.2, 0.25) is 0 Å². The van der Waals surface area contributed by atoms with Gasteiger partial charge in [0, 0.05) is 33.1 Å². The average Bonchev–Trinajstić information content (AvgIpc) is 3.26. The van der Waals surface area contributed by atoms with E-state index in [2.05, 4.69) is 33.5 Å². The fourth-order valence-corrected chi connectivity index (χ4v) is 5.29. The monoisotopic (exact) mass is 388 g/mol. The van der Waals surface area contributed by atoms with Crippen molar-refractivity contribution in [1.29, 1.82) is 0 Å². The third-order valence-corrected chi connectivity index (χ3v) is 6.62. The summed E-state index contributed by atoms with van der Waals surface area (Å²) in [6, 6.07) is 14.3. The van der Waals surface area contributed by atoms with E-state index < -0.39 is 0 Å². The summed E-state index contributed by atoms with van der Waals surface area (Å²) in [5, 5.41) is 4.23. The highest BCUT2D eigenvalue weighted by atomic mass is 32.1. The van der Waals surface area contributed by atoms with E-state index in [4.69, 9.17) is 11.5 Å². The summed E-state index contributed by atoms with van der Waals surface area (Å²) in [7, 11) is 0. The minimum atomic E-state index is 0.551. The standard InChI is InChI=1S/C21H16N4S2/c1-11-25-17-8-13(4-7-18(17)27-11)16-10-26-20-15(9-24-21(23)19(16)20)12-2-5-14(22)6-3-12/h2-10H,22H2,1H3,(H2,23,24). The number of rotatable bonds is 2. The second kappa shape index (κ2) is 6.04. The van der Waals surface area contributed by atoms with E-state index in [0.29, 0.717) is 5.82 Å². The summed E-state index contributed by atoms with van der Waals surface area (Å²) in [6.45, 7) is 2.03. The number of nitrogens with zero attached hydrogens (tertiary/aromatic N) is 2. The third kappa shape index (κ3) is 2.65. The molecule has 0 spiro atoms. The van der Waals surface area contributed by atoms with E-state index in [1.165, 1.54) is 4.70 Å². The lowest BCUT2D eigenvalue weighted by molar-refractivity contribution is 1.35. The van der Waals surface area contributed by atoms with Gasteiger partial charge in [0.2, 0.25) is 0 Å². The van der Waals surface area contributed by atoms with Gasteiger partial charge in [-0.25, -0.2) is 9.97 Å². The van der Waals surface area contributed by atoms with Crippen LogP contribution in [-0.2, 0) is 0 Å². The van der Waals surface area contributed by atoms with Crippen molar-refractivity contribution in [2.24, 2.45) is 0 Å². The van der Waals surface area contributed by atoms with E-state index in [1.807, 2.05) is 37.4 Å². The summed E-state index contributed by atoms with van der Waals surface area (Å²) >= 11 is 3.40. The van der Waals surface area contributed by atoms with Gasteiger partial charge in [-0.3, -0.25) is 0 Å². The van der Waals surface area contributed by atoms with Crippen molar-refractivity contribution in [3.05, 3.63) is 59.0 Å². The molecule has 6 heteroatoms. The van der Waals surface area contributed by atoms with Crippen LogP contribution in [0, 0.1) is 6.92 Å². The highest BCUT2D eigenvalue weighted by Crippen LogP contribution is 2.42. The Balaban J connectivity index is 1.73. The van der Waals surface area contributed by atoms with Gasteiger partial charge in [0.25, 0.3) is 0 Å². The molecule has 4 N–H and O–H groups in total. The summed E-state index contributed by atoms with van der Waals surface area (Å²) in [6.07, 6.45) is 1.84. The van der Waals surface area contributed by atoms with Crippen molar-refractivity contribution in [3.8, 4) is 22.3 Å². The minimum Gasteiger partial charge on any atom is -0.399 e. The number of anilines is 2. The first-order valence-electron chi connectivity index (χ1n) is 8.49. The predicted molar refractivity (Wildman–Crippen MR) is 117 cm³/mol. The Labute approximate surface area is 164 Å². The zero-order valence-corrected chi connectivity index (χ0v) is 16.2. The molecule has 5 aromatic rings. The molecular weight excluding hydrogens is 372 g/mol. The number of thiazole rings is 1. The van der Waals surface area contributed by atoms with E-state index in [0.717, 1.165) is 48.6 Å². The van der Waals surface area contributed by atoms with Crippen LogP contribution in [0.3, 0.4) is 0 Å². The molecule has 0 aliphatic carbocycles. The Hall–Kier alpha value is -2.96. The molecule has 0 amide bonds. The normalized spacial score (nSPS) is 11.4. The Bertz CT molecular complexity index is 1300. The predicted octanol–water partition coefficient (Wildman–Crippen LogP) is 5.71. The van der Waals surface area contributed by atoms with Gasteiger partial charge in [-0.1, -0.05) is 18.2 Å². The number of hydrogen-bond donors (Lipinski definition) is 2. The molecule has 0 radical (unpaired) electrons. The van der Waals surface area contributed by atoms with E-state index in [1.54, 1.807) is 22.7 Å². The Kier molecular flexibility index (Phi) is 3.63. The summed E-state index contributed by atoms with van der Waals surface area (Å²) in [5.41, 5.74) is 18.3. The molecule has 0 aliphatic rings. The van der Waals surface area contributed by atoms with Gasteiger partial charge in [0.05, 0.1) is 15.2 Å². The first-order valence-corrected chi connectivity index (χ1v) is 10.2. The zero-order chi connectivity index (χ0) is 18.5. The van der Waals surface area contributed by atoms with E-state index in [9.17, 15) is 0 Å². The van der Waals surface area contributed by atoms with E-state index >= 15 is 0 Å². The van der Waals surface area contributed by atoms with Crippen LogP contribution < -0.4 is 11.5 Å². The molecule has 3 heterocycles. The largest absolute Gasteiger partial charge is 0.399 e. The molecule has 3 aromatic heterocycles. The fourth-order valence-electron chi connectivity index (χ4n) is 3.36. The lowest BCUT2D eigenvalue weighted by Crippen LogP contribution is -1.93. The number of pyridine rings is 1. The quantitative estimate of drug-likeness (QED) is 0.380. The number of nitrogen functional groups attached to an aromatic ring is 2. The fraction of sp³-hybridized carbons (Fsp3) is 0.0476. The molecule has 0 atom stereocenters. The number of aromatic nitrogens is 2. The van der Waals surface area contributed by atoms with Gasteiger partial charge >= 0.3 is 0 Å². The topological polar surface area (TPSA) is 77.8 Å². The smallest absolute Gasteiger partial charge is 0.132 e. The molecule has 0 unspecified atom stereocenters. The van der Waals surface area contributed by atoms with Crippen LogP contribution in [0.15, 0.2) is 54.0 Å². The third-order valence-electron chi connectivity index (χ3n) is 4.65. The van der Waals surface area contributed by atoms with Crippen LogP contribution >= 0.6 is 22.7 Å². The maximum Gasteiger partial charge on any atom is 0.132 e. The van der Waals surface area contributed by atoms with Gasteiger partial charge in [0.1, 0.15) is 5.82 Å². The van der Waals surface area contributed by atoms with Crippen molar-refractivity contribution < 1.29 is 0 Å². The molecular formula is C21H16N4S2. The van der Waals surface area contributed by atoms with Crippen LogP contribution in [0.5, 0.6) is 0 Å². The maximum atomic E-state index is 6.29. The minimum absolute atomic E-state index is 0.551. The maximum absolute atomic E-state index is 6.29. The first-order chi connectivity index (χ1) is 13.1. The number of thiophene rings is 1. The molecule has 5 rings (SSSR count). The molecule has 0 saturated carbocycles. The van der Waals surface area contributed by atoms with Gasteiger partial charge in [-0.05, 0) is 47.7 Å². The van der Waals surface area contributed by atoms with Crippen molar-refractivity contribution in [2.75, 3.05) is 11.5 Å². The van der Waals surface area contributed by atoms with Crippen molar-refractivity contribution >= 4 is 54.5 Å². The Morgan fingerprint density at radius 2 is 1.70 bits per heavy atom. The molecule has 132 valence electrons. The molecule has 0 aliphatic heterocycles. The van der Waals surface area contributed by atoms with E-state index in [-0.39, 0.29) is 0 Å². The van der Waals surface area contributed by atoms with Gasteiger partial charge < -0.3 is 11.5 Å². The lowest BCUT2D eigenvalue weighted by atomic mass is 10.0. The average molecular weight is 389 g/mol. The van der Waals surface area contributed by atoms with Gasteiger partial charge in [-0.2, -0.15) is 0 Å². The van der Waals surface area contributed by atoms with Gasteiger partial charge in [-0.15, -0.1) is 22.7 Å².